The molecule has 0 radical (unpaired) electrons. The Morgan fingerprint density at radius 3 is 2.41 bits per heavy atom. The minimum atomic E-state index is -1.19. The number of amides is 3. The van der Waals surface area contributed by atoms with E-state index in [1.54, 1.807) is 19.1 Å². The SMILES string of the molecule is C=CCCCCC(=O)OCC(NC(=O)C(CC=C)CC(=O)NC(C)CO)C(=O)Nc1ccc2ccccc2c1. The highest BCUT2D eigenvalue weighted by atomic mass is 16.5. The van der Waals surface area contributed by atoms with Gasteiger partial charge in [-0.05, 0) is 55.5 Å². The minimum absolute atomic E-state index is 0.162. The largest absolute Gasteiger partial charge is 0.463 e. The summed E-state index contributed by atoms with van der Waals surface area (Å²) >= 11 is 0. The van der Waals surface area contributed by atoms with E-state index in [4.69, 9.17) is 4.74 Å². The third kappa shape index (κ3) is 11.1. The minimum Gasteiger partial charge on any atom is -0.463 e. The summed E-state index contributed by atoms with van der Waals surface area (Å²) in [6, 6.07) is 11.5. The second kappa shape index (κ2) is 16.8. The summed E-state index contributed by atoms with van der Waals surface area (Å²) in [7, 11) is 0. The van der Waals surface area contributed by atoms with E-state index >= 15 is 0 Å². The zero-order valence-electron chi connectivity index (χ0n) is 22.5. The molecule has 3 unspecified atom stereocenters. The van der Waals surface area contributed by atoms with Crippen molar-refractivity contribution in [3.05, 3.63) is 67.8 Å². The molecule has 0 aromatic heterocycles. The molecule has 3 atom stereocenters. The molecule has 4 N–H and O–H groups in total. The van der Waals surface area contributed by atoms with E-state index in [9.17, 15) is 24.3 Å². The molecule has 0 saturated heterocycles. The topological polar surface area (TPSA) is 134 Å². The average Bonchev–Trinajstić information content (AvgIpc) is 2.92. The number of fused-ring (bicyclic) bond motifs is 1. The molecular weight excluding hydrogens is 498 g/mol. The van der Waals surface area contributed by atoms with Crippen LogP contribution in [0.1, 0.15) is 45.4 Å². The summed E-state index contributed by atoms with van der Waals surface area (Å²) in [5, 5.41) is 19.1. The molecule has 0 aliphatic carbocycles. The van der Waals surface area contributed by atoms with Crippen molar-refractivity contribution in [2.24, 2.45) is 5.92 Å². The number of benzene rings is 2. The van der Waals surface area contributed by atoms with Crippen LogP contribution in [0.2, 0.25) is 0 Å². The Bertz CT molecular complexity index is 1150. The summed E-state index contributed by atoms with van der Waals surface area (Å²) in [6.07, 6.45) is 5.70. The molecule has 3 amide bonds. The maximum absolute atomic E-state index is 13.2. The molecule has 2 rings (SSSR count). The first-order valence-corrected chi connectivity index (χ1v) is 13.1. The molecule has 2 aromatic carbocycles. The Hall–Kier alpha value is -3.98. The lowest BCUT2D eigenvalue weighted by Gasteiger charge is -2.22. The van der Waals surface area contributed by atoms with Crippen LogP contribution >= 0.6 is 0 Å². The Balaban J connectivity index is 2.13. The maximum atomic E-state index is 13.2. The van der Waals surface area contributed by atoms with Gasteiger partial charge in [-0.15, -0.1) is 13.2 Å². The monoisotopic (exact) mass is 537 g/mol. The van der Waals surface area contributed by atoms with Crippen molar-refractivity contribution in [2.75, 3.05) is 18.5 Å². The van der Waals surface area contributed by atoms with Gasteiger partial charge in [0.15, 0.2) is 0 Å². The predicted molar refractivity (Wildman–Crippen MR) is 152 cm³/mol. The molecule has 0 bridgehead atoms. The van der Waals surface area contributed by atoms with Crippen LogP contribution in [0.4, 0.5) is 5.69 Å². The molecular formula is C30H39N3O6. The first kappa shape index (κ1) is 31.2. The highest BCUT2D eigenvalue weighted by Crippen LogP contribution is 2.19. The van der Waals surface area contributed by atoms with E-state index in [1.165, 1.54) is 6.08 Å². The normalized spacial score (nSPS) is 13.0. The molecule has 0 aliphatic rings. The van der Waals surface area contributed by atoms with Crippen molar-refractivity contribution < 1.29 is 29.0 Å². The van der Waals surface area contributed by atoms with Crippen LogP contribution < -0.4 is 16.0 Å². The first-order chi connectivity index (χ1) is 18.8. The number of rotatable bonds is 17. The number of allylic oxidation sites excluding steroid dienone is 2. The third-order valence-corrected chi connectivity index (χ3v) is 6.04. The van der Waals surface area contributed by atoms with Crippen LogP contribution in [0.5, 0.6) is 0 Å². The van der Waals surface area contributed by atoms with Crippen molar-refractivity contribution >= 4 is 40.2 Å². The fourth-order valence-electron chi connectivity index (χ4n) is 3.86. The number of aliphatic hydroxyl groups excluding tert-OH is 1. The fraction of sp³-hybridized carbons (Fsp3) is 0.400. The lowest BCUT2D eigenvalue weighted by Crippen LogP contribution is -2.49. The summed E-state index contributed by atoms with van der Waals surface area (Å²) in [4.78, 5) is 51.0. The van der Waals surface area contributed by atoms with Gasteiger partial charge in [-0.3, -0.25) is 19.2 Å². The zero-order chi connectivity index (χ0) is 28.6. The van der Waals surface area contributed by atoms with Gasteiger partial charge in [0.2, 0.25) is 11.8 Å². The van der Waals surface area contributed by atoms with Crippen LogP contribution in [0.15, 0.2) is 67.8 Å². The van der Waals surface area contributed by atoms with Gasteiger partial charge in [0, 0.05) is 24.6 Å². The Labute approximate surface area is 229 Å². The Kier molecular flexibility index (Phi) is 13.4. The van der Waals surface area contributed by atoms with Gasteiger partial charge in [0.1, 0.15) is 12.6 Å². The Morgan fingerprint density at radius 2 is 1.72 bits per heavy atom. The van der Waals surface area contributed by atoms with Crippen LogP contribution in [-0.2, 0) is 23.9 Å². The number of hydrogen-bond donors (Lipinski definition) is 4. The molecule has 0 fully saturated rings. The second-order valence-corrected chi connectivity index (χ2v) is 9.41. The van der Waals surface area contributed by atoms with Crippen LogP contribution in [0, 0.1) is 5.92 Å². The van der Waals surface area contributed by atoms with Crippen molar-refractivity contribution in [1.29, 1.82) is 0 Å². The highest BCUT2D eigenvalue weighted by molar-refractivity contribution is 5.99. The van der Waals surface area contributed by atoms with E-state index in [0.29, 0.717) is 12.1 Å². The van der Waals surface area contributed by atoms with E-state index in [-0.39, 0.29) is 32.5 Å². The molecule has 0 aliphatic heterocycles. The quantitative estimate of drug-likeness (QED) is 0.138. The van der Waals surface area contributed by atoms with Crippen molar-refractivity contribution in [2.45, 2.75) is 57.5 Å². The van der Waals surface area contributed by atoms with Crippen LogP contribution in [0.25, 0.3) is 10.8 Å². The van der Waals surface area contributed by atoms with Crippen molar-refractivity contribution in [3.8, 4) is 0 Å². The number of hydrogen-bond acceptors (Lipinski definition) is 6. The summed E-state index contributed by atoms with van der Waals surface area (Å²) in [5.74, 6) is -2.81. The van der Waals surface area contributed by atoms with Crippen molar-refractivity contribution in [1.82, 2.24) is 10.6 Å². The summed E-state index contributed by atoms with van der Waals surface area (Å²) < 4.78 is 5.33. The average molecular weight is 538 g/mol. The predicted octanol–water partition coefficient (Wildman–Crippen LogP) is 3.63. The highest BCUT2D eigenvalue weighted by Gasteiger charge is 2.28. The summed E-state index contributed by atoms with van der Waals surface area (Å²) in [6.45, 7) is 8.35. The van der Waals surface area contributed by atoms with E-state index in [1.807, 2.05) is 36.4 Å². The molecule has 9 nitrogen and oxygen atoms in total. The molecule has 39 heavy (non-hydrogen) atoms. The van der Waals surface area contributed by atoms with Gasteiger partial charge in [-0.1, -0.05) is 42.5 Å². The van der Waals surface area contributed by atoms with Gasteiger partial charge < -0.3 is 25.8 Å². The van der Waals surface area contributed by atoms with Gasteiger partial charge >= 0.3 is 5.97 Å². The fourth-order valence-corrected chi connectivity index (χ4v) is 3.86. The third-order valence-electron chi connectivity index (χ3n) is 6.04. The van der Waals surface area contributed by atoms with E-state index in [2.05, 4.69) is 29.1 Å². The number of aliphatic hydroxyl groups is 1. The second-order valence-electron chi connectivity index (χ2n) is 9.41. The Morgan fingerprint density at radius 1 is 0.974 bits per heavy atom. The van der Waals surface area contributed by atoms with Crippen LogP contribution in [-0.4, -0.2) is 54.1 Å². The number of carbonyl (C=O) groups excluding carboxylic acids is 4. The maximum Gasteiger partial charge on any atom is 0.305 e. The van der Waals surface area contributed by atoms with Gasteiger partial charge in [-0.2, -0.15) is 0 Å². The zero-order valence-corrected chi connectivity index (χ0v) is 22.5. The first-order valence-electron chi connectivity index (χ1n) is 13.1. The van der Waals surface area contributed by atoms with Crippen LogP contribution in [0.3, 0.4) is 0 Å². The van der Waals surface area contributed by atoms with Gasteiger partial charge in [0.05, 0.1) is 12.5 Å². The van der Waals surface area contributed by atoms with E-state index < -0.39 is 41.7 Å². The number of esters is 1. The number of carbonyl (C=O) groups is 4. The molecule has 0 spiro atoms. The number of nitrogens with one attached hydrogen (secondary N) is 3. The molecule has 210 valence electrons. The lowest BCUT2D eigenvalue weighted by molar-refractivity contribution is -0.146. The van der Waals surface area contributed by atoms with Crippen molar-refractivity contribution in [3.63, 3.8) is 0 Å². The van der Waals surface area contributed by atoms with Gasteiger partial charge in [0.25, 0.3) is 5.91 Å². The number of ether oxygens (including phenoxy) is 1. The molecule has 9 heteroatoms. The lowest BCUT2D eigenvalue weighted by atomic mass is 9.99. The number of anilines is 1. The standard InChI is InChI=1S/C30H39N3O6/c1-4-6-7-8-14-28(36)39-20-26(30(38)32-25-16-15-22-12-9-10-13-23(22)17-25)33-29(37)24(11-5-2)18-27(35)31-21(3)19-34/h4-5,9-10,12-13,15-17,21,24,26,34H,1-2,6-8,11,14,18-20H2,3H3,(H,31,35)(H,32,38)(H,33,37). The molecule has 0 heterocycles. The smallest absolute Gasteiger partial charge is 0.305 e. The summed E-state index contributed by atoms with van der Waals surface area (Å²) in [5.41, 5.74) is 0.522. The molecule has 0 saturated carbocycles. The van der Waals surface area contributed by atoms with E-state index in [0.717, 1.165) is 23.6 Å². The molecule has 2 aromatic rings. The van der Waals surface area contributed by atoms with Gasteiger partial charge in [-0.25, -0.2) is 0 Å². The number of unbranched alkanes of at least 4 members (excludes halogenated alkanes) is 2.